The summed E-state index contributed by atoms with van der Waals surface area (Å²) in [5, 5.41) is 5.85. The van der Waals surface area contributed by atoms with Crippen LogP contribution in [0, 0.1) is 13.8 Å². The number of nitrogens with zero attached hydrogens (tertiary/aromatic N) is 2. The number of aryl methyl sites for hydroxylation is 2. The maximum atomic E-state index is 10.9. The van der Waals surface area contributed by atoms with Gasteiger partial charge in [0.2, 0.25) is 11.9 Å². The number of nitrogens with one attached hydrogen (secondary N) is 2. The number of halogens is 1. The smallest absolute Gasteiger partial charge is 0.227 e. The van der Waals surface area contributed by atoms with Crippen molar-refractivity contribution in [2.45, 2.75) is 20.8 Å². The van der Waals surface area contributed by atoms with Crippen molar-refractivity contribution in [3.05, 3.63) is 41.7 Å². The molecule has 0 unspecified atom stereocenters. The third kappa shape index (κ3) is 4.51. The van der Waals surface area contributed by atoms with E-state index >= 15 is 0 Å². The van der Waals surface area contributed by atoms with Gasteiger partial charge in [0.05, 0.1) is 0 Å². The summed E-state index contributed by atoms with van der Waals surface area (Å²) in [5.41, 5.74) is 3.48. The van der Waals surface area contributed by atoms with Crippen LogP contribution in [-0.4, -0.2) is 15.9 Å². The summed E-state index contributed by atoms with van der Waals surface area (Å²) < 4.78 is 0. The number of amides is 1. The van der Waals surface area contributed by atoms with E-state index < -0.39 is 0 Å². The molecule has 1 amide bonds. The van der Waals surface area contributed by atoms with E-state index in [4.69, 9.17) is 0 Å². The third-order valence-corrected chi connectivity index (χ3v) is 2.44. The van der Waals surface area contributed by atoms with Crippen LogP contribution >= 0.6 is 12.4 Å². The fourth-order valence-electron chi connectivity index (χ4n) is 1.75. The minimum atomic E-state index is -0.0849. The van der Waals surface area contributed by atoms with Crippen LogP contribution in [0.4, 0.5) is 17.3 Å². The maximum Gasteiger partial charge on any atom is 0.227 e. The first-order chi connectivity index (χ1) is 9.02. The summed E-state index contributed by atoms with van der Waals surface area (Å²) in [4.78, 5) is 19.5. The molecule has 0 aliphatic heterocycles. The molecule has 20 heavy (non-hydrogen) atoms. The van der Waals surface area contributed by atoms with Crippen LogP contribution in [-0.2, 0) is 4.79 Å². The van der Waals surface area contributed by atoms with Crippen LogP contribution < -0.4 is 10.6 Å². The van der Waals surface area contributed by atoms with Crippen LogP contribution in [0.25, 0.3) is 0 Å². The van der Waals surface area contributed by atoms with E-state index in [1.54, 1.807) is 0 Å². The van der Waals surface area contributed by atoms with Gasteiger partial charge in [0.1, 0.15) is 0 Å². The summed E-state index contributed by atoms with van der Waals surface area (Å²) in [6.07, 6.45) is 0. The summed E-state index contributed by atoms with van der Waals surface area (Å²) in [5.74, 6) is 0.489. The summed E-state index contributed by atoms with van der Waals surface area (Å²) in [6.45, 7) is 5.34. The lowest BCUT2D eigenvalue weighted by molar-refractivity contribution is -0.114. The Labute approximate surface area is 124 Å². The van der Waals surface area contributed by atoms with Crippen molar-refractivity contribution < 1.29 is 4.79 Å². The van der Waals surface area contributed by atoms with Crippen molar-refractivity contribution >= 4 is 35.6 Å². The lowest BCUT2D eigenvalue weighted by atomic mass is 10.3. The maximum absolute atomic E-state index is 10.9. The van der Waals surface area contributed by atoms with Crippen LogP contribution in [0.1, 0.15) is 18.3 Å². The van der Waals surface area contributed by atoms with Crippen LogP contribution in [0.2, 0.25) is 0 Å². The number of rotatable bonds is 3. The van der Waals surface area contributed by atoms with E-state index in [0.29, 0.717) is 5.95 Å². The largest absolute Gasteiger partial charge is 0.326 e. The Morgan fingerprint density at radius 1 is 1.00 bits per heavy atom. The highest BCUT2D eigenvalue weighted by molar-refractivity contribution is 5.88. The Morgan fingerprint density at radius 3 is 2.00 bits per heavy atom. The van der Waals surface area contributed by atoms with Crippen molar-refractivity contribution in [3.63, 3.8) is 0 Å². The molecule has 0 fully saturated rings. The molecule has 106 valence electrons. The third-order valence-electron chi connectivity index (χ3n) is 2.44. The number of anilines is 3. The zero-order valence-electron chi connectivity index (χ0n) is 11.6. The SMILES string of the molecule is CC(=O)Nc1ccc(Nc2nc(C)cc(C)n2)cc1.Cl. The number of hydrogen-bond acceptors (Lipinski definition) is 4. The molecule has 0 spiro atoms. The Hall–Kier alpha value is -2.14. The van der Waals surface area contributed by atoms with E-state index in [9.17, 15) is 4.79 Å². The van der Waals surface area contributed by atoms with E-state index in [-0.39, 0.29) is 18.3 Å². The molecule has 0 saturated heterocycles. The lowest BCUT2D eigenvalue weighted by Crippen LogP contribution is -2.05. The van der Waals surface area contributed by atoms with E-state index in [0.717, 1.165) is 22.8 Å². The normalized spacial score (nSPS) is 9.55. The zero-order valence-corrected chi connectivity index (χ0v) is 12.4. The van der Waals surface area contributed by atoms with Crippen molar-refractivity contribution in [1.29, 1.82) is 0 Å². The van der Waals surface area contributed by atoms with E-state index in [1.807, 2.05) is 44.2 Å². The van der Waals surface area contributed by atoms with Crippen molar-refractivity contribution in [2.75, 3.05) is 10.6 Å². The molecular weight excluding hydrogens is 276 g/mol. The molecule has 2 N–H and O–H groups in total. The van der Waals surface area contributed by atoms with Crippen LogP contribution in [0.15, 0.2) is 30.3 Å². The standard InChI is InChI=1S/C14H16N4O.ClH/c1-9-8-10(2)16-14(15-9)18-13-6-4-12(5-7-13)17-11(3)19;/h4-8H,1-3H3,(H,17,19)(H,15,16,18);1H. The second-order valence-electron chi connectivity index (χ2n) is 4.36. The minimum absolute atomic E-state index is 0. The average Bonchev–Trinajstić information content (AvgIpc) is 2.29. The second kappa shape index (κ2) is 6.86. The highest BCUT2D eigenvalue weighted by Crippen LogP contribution is 2.17. The molecule has 0 aliphatic rings. The molecule has 5 nitrogen and oxygen atoms in total. The van der Waals surface area contributed by atoms with Crippen molar-refractivity contribution in [1.82, 2.24) is 9.97 Å². The molecule has 0 atom stereocenters. The van der Waals surface area contributed by atoms with Gasteiger partial charge in [0, 0.05) is 29.7 Å². The van der Waals surface area contributed by atoms with E-state index in [2.05, 4.69) is 20.6 Å². The van der Waals surface area contributed by atoms with Gasteiger partial charge in [-0.05, 0) is 44.2 Å². The summed E-state index contributed by atoms with van der Waals surface area (Å²) in [7, 11) is 0. The van der Waals surface area contributed by atoms with Crippen molar-refractivity contribution in [3.8, 4) is 0 Å². The zero-order chi connectivity index (χ0) is 13.8. The number of benzene rings is 1. The molecule has 0 bridgehead atoms. The van der Waals surface area contributed by atoms with Gasteiger partial charge < -0.3 is 10.6 Å². The predicted molar refractivity (Wildman–Crippen MR) is 82.8 cm³/mol. The molecule has 0 aliphatic carbocycles. The molecule has 1 heterocycles. The highest BCUT2D eigenvalue weighted by Gasteiger charge is 2.01. The lowest BCUT2D eigenvalue weighted by Gasteiger charge is -2.07. The van der Waals surface area contributed by atoms with Gasteiger partial charge in [-0.2, -0.15) is 0 Å². The van der Waals surface area contributed by atoms with Crippen LogP contribution in [0.3, 0.4) is 0 Å². The summed E-state index contributed by atoms with van der Waals surface area (Å²) >= 11 is 0. The first kappa shape index (κ1) is 15.9. The van der Waals surface area contributed by atoms with Crippen LogP contribution in [0.5, 0.6) is 0 Å². The number of carbonyl (C=O) groups excluding carboxylic acids is 1. The van der Waals surface area contributed by atoms with Crippen molar-refractivity contribution in [2.24, 2.45) is 0 Å². The first-order valence-corrected chi connectivity index (χ1v) is 6.00. The molecule has 1 aromatic heterocycles. The van der Waals surface area contributed by atoms with Gasteiger partial charge in [-0.3, -0.25) is 4.79 Å². The quantitative estimate of drug-likeness (QED) is 0.911. The topological polar surface area (TPSA) is 66.9 Å². The van der Waals surface area contributed by atoms with Gasteiger partial charge in [-0.1, -0.05) is 0 Å². The molecule has 6 heteroatoms. The number of carbonyl (C=O) groups is 1. The Kier molecular flexibility index (Phi) is 5.46. The predicted octanol–water partition coefficient (Wildman–Crippen LogP) is 3.22. The highest BCUT2D eigenvalue weighted by atomic mass is 35.5. The van der Waals surface area contributed by atoms with Gasteiger partial charge in [0.25, 0.3) is 0 Å². The monoisotopic (exact) mass is 292 g/mol. The summed E-state index contributed by atoms with van der Waals surface area (Å²) in [6, 6.07) is 9.31. The molecule has 2 aromatic rings. The van der Waals surface area contributed by atoms with Gasteiger partial charge >= 0.3 is 0 Å². The fraction of sp³-hybridized carbons (Fsp3) is 0.214. The molecule has 0 radical (unpaired) electrons. The fourth-order valence-corrected chi connectivity index (χ4v) is 1.75. The van der Waals surface area contributed by atoms with Gasteiger partial charge in [-0.15, -0.1) is 12.4 Å². The minimum Gasteiger partial charge on any atom is -0.326 e. The Morgan fingerprint density at radius 2 is 1.50 bits per heavy atom. The van der Waals surface area contributed by atoms with Gasteiger partial charge in [0.15, 0.2) is 0 Å². The number of hydrogen-bond donors (Lipinski definition) is 2. The molecule has 1 aromatic carbocycles. The first-order valence-electron chi connectivity index (χ1n) is 6.00. The average molecular weight is 293 g/mol. The molecule has 0 saturated carbocycles. The Bertz CT molecular complexity index is 578. The van der Waals surface area contributed by atoms with Gasteiger partial charge in [-0.25, -0.2) is 9.97 Å². The number of aromatic nitrogens is 2. The Balaban J connectivity index is 0.00000200. The van der Waals surface area contributed by atoms with E-state index in [1.165, 1.54) is 6.92 Å². The molecular formula is C14H17ClN4O. The second-order valence-corrected chi connectivity index (χ2v) is 4.36. The molecule has 2 rings (SSSR count).